The fourth-order valence-corrected chi connectivity index (χ4v) is 2.01. The molecule has 0 N–H and O–H groups in total. The summed E-state index contributed by atoms with van der Waals surface area (Å²) in [5.74, 6) is 1.56. The summed E-state index contributed by atoms with van der Waals surface area (Å²) in [7, 11) is 0. The Hall–Kier alpha value is -0.780. The molecule has 1 atom stereocenters. The van der Waals surface area contributed by atoms with Crippen molar-refractivity contribution in [1.82, 2.24) is 0 Å². The third-order valence-electron chi connectivity index (χ3n) is 2.75. The zero-order valence-corrected chi connectivity index (χ0v) is 9.27. The summed E-state index contributed by atoms with van der Waals surface area (Å²) < 4.78 is 0. The van der Waals surface area contributed by atoms with Gasteiger partial charge >= 0.3 is 0 Å². The van der Waals surface area contributed by atoms with Gasteiger partial charge in [-0.1, -0.05) is 32.1 Å². The van der Waals surface area contributed by atoms with Crippen molar-refractivity contribution < 1.29 is 0 Å². The molecule has 0 spiro atoms. The summed E-state index contributed by atoms with van der Waals surface area (Å²) in [5, 5.41) is 0. The van der Waals surface area contributed by atoms with Crippen LogP contribution in [0.2, 0.25) is 0 Å². The van der Waals surface area contributed by atoms with Gasteiger partial charge in [-0.15, -0.1) is 13.2 Å². The lowest BCUT2D eigenvalue weighted by Crippen LogP contribution is -2.06. The Morgan fingerprint density at radius 1 is 1.38 bits per heavy atom. The first kappa shape index (κ1) is 12.2. The molecule has 0 aromatic carbocycles. The highest BCUT2D eigenvalue weighted by Gasteiger charge is 2.23. The van der Waals surface area contributed by atoms with E-state index in [0.717, 1.165) is 11.8 Å². The standard InChI is InChI=1S/C11H18.C2H4/c1-5-10-9(4)6-7-11(10)8(2)3;1-2/h5,8,11H,1,6-7H2,2-4H3;1-2H2. The molecule has 0 bridgehead atoms. The summed E-state index contributed by atoms with van der Waals surface area (Å²) in [5.41, 5.74) is 3.07. The minimum absolute atomic E-state index is 0.778. The summed E-state index contributed by atoms with van der Waals surface area (Å²) >= 11 is 0. The maximum atomic E-state index is 3.87. The second-order valence-electron chi connectivity index (χ2n) is 3.83. The van der Waals surface area contributed by atoms with Crippen LogP contribution in [0.25, 0.3) is 0 Å². The van der Waals surface area contributed by atoms with Crippen molar-refractivity contribution in [3.63, 3.8) is 0 Å². The number of hydrogen-bond donors (Lipinski definition) is 0. The highest BCUT2D eigenvalue weighted by Crippen LogP contribution is 2.36. The van der Waals surface area contributed by atoms with Gasteiger partial charge in [0, 0.05) is 0 Å². The van der Waals surface area contributed by atoms with Crippen LogP contribution in [0.5, 0.6) is 0 Å². The van der Waals surface area contributed by atoms with Crippen LogP contribution >= 0.6 is 0 Å². The molecule has 1 aliphatic carbocycles. The minimum Gasteiger partial charge on any atom is -0.106 e. The highest BCUT2D eigenvalue weighted by atomic mass is 14.3. The van der Waals surface area contributed by atoms with Crippen molar-refractivity contribution in [2.45, 2.75) is 33.6 Å². The van der Waals surface area contributed by atoms with Gasteiger partial charge in [-0.3, -0.25) is 0 Å². The van der Waals surface area contributed by atoms with Crippen LogP contribution in [0.3, 0.4) is 0 Å². The van der Waals surface area contributed by atoms with Crippen molar-refractivity contribution in [3.8, 4) is 0 Å². The minimum atomic E-state index is 0.778. The van der Waals surface area contributed by atoms with Crippen molar-refractivity contribution in [2.75, 3.05) is 0 Å². The van der Waals surface area contributed by atoms with Gasteiger partial charge in [0.2, 0.25) is 0 Å². The molecule has 0 aromatic rings. The molecule has 0 nitrogen and oxygen atoms in total. The van der Waals surface area contributed by atoms with Crippen molar-refractivity contribution in [1.29, 1.82) is 0 Å². The first-order valence-electron chi connectivity index (χ1n) is 4.99. The molecule has 0 saturated carbocycles. The lowest BCUT2D eigenvalue weighted by atomic mass is 9.89. The van der Waals surface area contributed by atoms with Crippen LogP contribution in [0, 0.1) is 11.8 Å². The van der Waals surface area contributed by atoms with E-state index in [0.29, 0.717) is 0 Å². The first-order chi connectivity index (χ1) is 6.16. The Balaban J connectivity index is 0.000000671. The molecule has 0 radical (unpaired) electrons. The van der Waals surface area contributed by atoms with E-state index in [-0.39, 0.29) is 0 Å². The lowest BCUT2D eigenvalue weighted by Gasteiger charge is -2.16. The second kappa shape index (κ2) is 5.80. The van der Waals surface area contributed by atoms with E-state index >= 15 is 0 Å². The molecule has 0 amide bonds. The van der Waals surface area contributed by atoms with Crippen molar-refractivity contribution in [3.05, 3.63) is 37.0 Å². The average molecular weight is 178 g/mol. The summed E-state index contributed by atoms with van der Waals surface area (Å²) in [6.07, 6.45) is 4.67. The topological polar surface area (TPSA) is 0 Å². The van der Waals surface area contributed by atoms with Crippen molar-refractivity contribution in [2.24, 2.45) is 11.8 Å². The predicted octanol–water partition coefficient (Wildman–Crippen LogP) is 4.36. The normalized spacial score (nSPS) is 21.4. The zero-order valence-electron chi connectivity index (χ0n) is 9.27. The molecule has 0 aliphatic heterocycles. The molecule has 0 heteroatoms. The van der Waals surface area contributed by atoms with Crippen LogP contribution in [0.4, 0.5) is 0 Å². The third-order valence-corrected chi connectivity index (χ3v) is 2.75. The van der Waals surface area contributed by atoms with Crippen LogP contribution in [0.15, 0.2) is 37.0 Å². The molecule has 0 heterocycles. The van der Waals surface area contributed by atoms with Crippen LogP contribution in [-0.4, -0.2) is 0 Å². The molecule has 1 aliphatic rings. The number of rotatable bonds is 2. The smallest absolute Gasteiger partial charge is 0.0137 e. The van der Waals surface area contributed by atoms with Gasteiger partial charge in [-0.25, -0.2) is 0 Å². The zero-order chi connectivity index (χ0) is 10.4. The predicted molar refractivity (Wildman–Crippen MR) is 61.7 cm³/mol. The van der Waals surface area contributed by atoms with E-state index < -0.39 is 0 Å². The fraction of sp³-hybridized carbons (Fsp3) is 0.538. The Kier molecular flexibility index (Phi) is 5.45. The number of allylic oxidation sites excluding steroid dienone is 3. The molecule has 13 heavy (non-hydrogen) atoms. The summed E-state index contributed by atoms with van der Waals surface area (Å²) in [6, 6.07) is 0. The average Bonchev–Trinajstić information content (AvgIpc) is 2.50. The van der Waals surface area contributed by atoms with E-state index in [2.05, 4.69) is 40.5 Å². The van der Waals surface area contributed by atoms with E-state index in [1.165, 1.54) is 18.4 Å². The van der Waals surface area contributed by atoms with E-state index in [1.54, 1.807) is 5.57 Å². The Morgan fingerprint density at radius 3 is 2.23 bits per heavy atom. The van der Waals surface area contributed by atoms with Gasteiger partial charge in [0.25, 0.3) is 0 Å². The van der Waals surface area contributed by atoms with Gasteiger partial charge in [0.05, 0.1) is 0 Å². The third kappa shape index (κ3) is 2.87. The molecule has 0 saturated heterocycles. The van der Waals surface area contributed by atoms with E-state index in [9.17, 15) is 0 Å². The highest BCUT2D eigenvalue weighted by molar-refractivity contribution is 5.30. The Morgan fingerprint density at radius 2 is 1.92 bits per heavy atom. The van der Waals surface area contributed by atoms with Gasteiger partial charge < -0.3 is 0 Å². The van der Waals surface area contributed by atoms with Crippen molar-refractivity contribution >= 4 is 0 Å². The van der Waals surface area contributed by atoms with E-state index in [1.807, 2.05) is 6.08 Å². The summed E-state index contributed by atoms with van der Waals surface area (Å²) in [4.78, 5) is 0. The Labute approximate surface area is 83.0 Å². The van der Waals surface area contributed by atoms with Gasteiger partial charge in [0.15, 0.2) is 0 Å². The lowest BCUT2D eigenvalue weighted by molar-refractivity contribution is 0.446. The van der Waals surface area contributed by atoms with E-state index in [4.69, 9.17) is 0 Å². The molecule has 1 rings (SSSR count). The molecular weight excluding hydrogens is 156 g/mol. The van der Waals surface area contributed by atoms with Gasteiger partial charge in [-0.2, -0.15) is 0 Å². The maximum absolute atomic E-state index is 3.87. The van der Waals surface area contributed by atoms with Crippen LogP contribution in [-0.2, 0) is 0 Å². The van der Waals surface area contributed by atoms with Gasteiger partial charge in [0.1, 0.15) is 0 Å². The monoisotopic (exact) mass is 178 g/mol. The second-order valence-corrected chi connectivity index (χ2v) is 3.83. The van der Waals surface area contributed by atoms with Crippen LogP contribution < -0.4 is 0 Å². The first-order valence-corrected chi connectivity index (χ1v) is 4.99. The summed E-state index contributed by atoms with van der Waals surface area (Å²) in [6.45, 7) is 16.7. The van der Waals surface area contributed by atoms with Crippen LogP contribution in [0.1, 0.15) is 33.6 Å². The molecule has 0 aromatic heterocycles. The molecular formula is C13H22. The largest absolute Gasteiger partial charge is 0.106 e. The Bertz CT molecular complexity index is 196. The quantitative estimate of drug-likeness (QED) is 0.551. The van der Waals surface area contributed by atoms with Gasteiger partial charge in [-0.05, 0) is 37.2 Å². The molecule has 1 unspecified atom stereocenters. The SMILES string of the molecule is C=C.C=CC1=C(C)CCC1C(C)C. The molecule has 0 fully saturated rings. The fourth-order valence-electron chi connectivity index (χ4n) is 2.01. The number of hydrogen-bond acceptors (Lipinski definition) is 0. The maximum Gasteiger partial charge on any atom is -0.0137 e. The molecule has 74 valence electrons.